The predicted molar refractivity (Wildman–Crippen MR) is 50.3 cm³/mol. The molecule has 2 N–H and O–H groups in total. The summed E-state index contributed by atoms with van der Waals surface area (Å²) in [4.78, 5) is 11.1. The van der Waals surface area contributed by atoms with Crippen LogP contribution in [0.4, 0.5) is 13.2 Å². The molecule has 1 amide bonds. The van der Waals surface area contributed by atoms with Crippen molar-refractivity contribution in [2.45, 2.75) is 11.6 Å². The Morgan fingerprint density at radius 3 is 2.53 bits per heavy atom. The SMILES string of the molecule is O=C(CSC(F)(F)F)NC1C2CNCC21. The largest absolute Gasteiger partial charge is 0.442 e. The summed E-state index contributed by atoms with van der Waals surface area (Å²) in [5, 5.41) is 5.77. The molecule has 0 bridgehead atoms. The van der Waals surface area contributed by atoms with Crippen molar-refractivity contribution in [3.05, 3.63) is 0 Å². The highest BCUT2D eigenvalue weighted by Gasteiger charge is 2.53. The van der Waals surface area contributed by atoms with Gasteiger partial charge in [0, 0.05) is 19.1 Å². The second kappa shape index (κ2) is 3.86. The quantitative estimate of drug-likeness (QED) is 0.758. The van der Waals surface area contributed by atoms with Crippen molar-refractivity contribution in [3.63, 3.8) is 0 Å². The van der Waals surface area contributed by atoms with Crippen LogP contribution in [0.3, 0.4) is 0 Å². The second-order valence-corrected chi connectivity index (χ2v) is 4.85. The van der Waals surface area contributed by atoms with E-state index in [1.807, 2.05) is 0 Å². The molecular formula is C8H11F3N2OS. The number of alkyl halides is 3. The molecule has 0 radical (unpaired) electrons. The molecule has 1 heterocycles. The zero-order chi connectivity index (χ0) is 11.1. The average Bonchev–Trinajstić information content (AvgIpc) is 2.62. The summed E-state index contributed by atoms with van der Waals surface area (Å²) in [6, 6.07) is 0.104. The molecule has 1 saturated carbocycles. The van der Waals surface area contributed by atoms with Crippen LogP contribution in [-0.2, 0) is 4.79 Å². The van der Waals surface area contributed by atoms with Crippen molar-refractivity contribution in [1.29, 1.82) is 0 Å². The topological polar surface area (TPSA) is 41.1 Å². The van der Waals surface area contributed by atoms with Crippen LogP contribution in [0.15, 0.2) is 0 Å². The molecule has 0 aromatic rings. The molecule has 1 aliphatic heterocycles. The van der Waals surface area contributed by atoms with Gasteiger partial charge in [0.2, 0.25) is 5.91 Å². The van der Waals surface area contributed by atoms with Gasteiger partial charge in [-0.3, -0.25) is 4.79 Å². The number of rotatable bonds is 3. The maximum atomic E-state index is 11.8. The summed E-state index contributed by atoms with van der Waals surface area (Å²) < 4.78 is 35.3. The number of carbonyl (C=O) groups is 1. The molecule has 1 aliphatic carbocycles. The van der Waals surface area contributed by atoms with Gasteiger partial charge in [-0.1, -0.05) is 0 Å². The van der Waals surface area contributed by atoms with E-state index in [-0.39, 0.29) is 17.8 Å². The second-order valence-electron chi connectivity index (χ2n) is 3.81. The maximum absolute atomic E-state index is 11.8. The number of thioether (sulfide) groups is 1. The Kier molecular flexibility index (Phi) is 2.85. The summed E-state index contributed by atoms with van der Waals surface area (Å²) in [5.41, 5.74) is -4.32. The zero-order valence-corrected chi connectivity index (χ0v) is 8.62. The lowest BCUT2D eigenvalue weighted by Crippen LogP contribution is -2.34. The van der Waals surface area contributed by atoms with Crippen molar-refractivity contribution >= 4 is 17.7 Å². The van der Waals surface area contributed by atoms with Crippen molar-refractivity contribution in [3.8, 4) is 0 Å². The van der Waals surface area contributed by atoms with Crippen LogP contribution < -0.4 is 10.6 Å². The van der Waals surface area contributed by atoms with E-state index in [1.54, 1.807) is 0 Å². The Morgan fingerprint density at radius 1 is 1.40 bits per heavy atom. The summed E-state index contributed by atoms with van der Waals surface area (Å²) in [7, 11) is 0. The molecule has 2 atom stereocenters. The summed E-state index contributed by atoms with van der Waals surface area (Å²) >= 11 is -0.288. The normalized spacial score (nSPS) is 33.7. The van der Waals surface area contributed by atoms with E-state index in [2.05, 4.69) is 10.6 Å². The van der Waals surface area contributed by atoms with Crippen LogP contribution >= 0.6 is 11.8 Å². The molecule has 3 nitrogen and oxygen atoms in total. The molecule has 15 heavy (non-hydrogen) atoms. The van der Waals surface area contributed by atoms with Crippen LogP contribution in [0.25, 0.3) is 0 Å². The average molecular weight is 240 g/mol. The van der Waals surface area contributed by atoms with Crippen LogP contribution in [-0.4, -0.2) is 36.3 Å². The molecule has 1 saturated heterocycles. The minimum atomic E-state index is -4.32. The van der Waals surface area contributed by atoms with Crippen molar-refractivity contribution in [2.75, 3.05) is 18.8 Å². The Bertz CT molecular complexity index is 261. The first kappa shape index (κ1) is 11.1. The standard InChI is InChI=1S/C8H11F3N2OS/c9-8(10,11)15-3-6(14)13-7-4-1-12-2-5(4)7/h4-5,7,12H,1-3H2,(H,13,14). The van der Waals surface area contributed by atoms with E-state index in [0.29, 0.717) is 11.8 Å². The van der Waals surface area contributed by atoms with Gasteiger partial charge in [0.25, 0.3) is 0 Å². The van der Waals surface area contributed by atoms with Gasteiger partial charge in [0.15, 0.2) is 0 Å². The third-order valence-corrected chi connectivity index (χ3v) is 3.52. The van der Waals surface area contributed by atoms with Crippen LogP contribution in [0, 0.1) is 11.8 Å². The lowest BCUT2D eigenvalue weighted by molar-refractivity contribution is -0.119. The lowest BCUT2D eigenvalue weighted by Gasteiger charge is -2.08. The van der Waals surface area contributed by atoms with E-state index >= 15 is 0 Å². The first-order valence-corrected chi connectivity index (χ1v) is 5.67. The number of piperidine rings is 1. The predicted octanol–water partition coefficient (Wildman–Crippen LogP) is 0.573. The van der Waals surface area contributed by atoms with Gasteiger partial charge in [0.1, 0.15) is 0 Å². The fraction of sp³-hybridized carbons (Fsp3) is 0.875. The van der Waals surface area contributed by atoms with Crippen LogP contribution in [0.5, 0.6) is 0 Å². The first-order chi connectivity index (χ1) is 6.97. The smallest absolute Gasteiger partial charge is 0.352 e. The number of amides is 1. The maximum Gasteiger partial charge on any atom is 0.442 e. The number of hydrogen-bond donors (Lipinski definition) is 2. The Balaban J connectivity index is 1.66. The monoisotopic (exact) mass is 240 g/mol. The number of hydrogen-bond acceptors (Lipinski definition) is 3. The Hall–Kier alpha value is -0.430. The molecule has 7 heteroatoms. The zero-order valence-electron chi connectivity index (χ0n) is 7.80. The number of carbonyl (C=O) groups excluding carboxylic acids is 1. The highest BCUT2D eigenvalue weighted by Crippen LogP contribution is 2.41. The van der Waals surface area contributed by atoms with Crippen molar-refractivity contribution in [1.82, 2.24) is 10.6 Å². The van der Waals surface area contributed by atoms with E-state index in [4.69, 9.17) is 0 Å². The number of halogens is 3. The third kappa shape index (κ3) is 2.78. The van der Waals surface area contributed by atoms with Gasteiger partial charge in [-0.25, -0.2) is 0 Å². The molecular weight excluding hydrogens is 229 g/mol. The third-order valence-electron chi connectivity index (χ3n) is 2.79. The minimum absolute atomic E-state index is 0.104. The van der Waals surface area contributed by atoms with Crippen LogP contribution in [0.1, 0.15) is 0 Å². The minimum Gasteiger partial charge on any atom is -0.352 e. The summed E-state index contributed by atoms with van der Waals surface area (Å²) in [5.74, 6) is -0.182. The van der Waals surface area contributed by atoms with Gasteiger partial charge in [-0.05, 0) is 23.6 Å². The summed E-state index contributed by atoms with van der Waals surface area (Å²) in [6.45, 7) is 1.73. The lowest BCUT2D eigenvalue weighted by atomic mass is 10.4. The number of nitrogens with one attached hydrogen (secondary N) is 2. The Labute approximate surface area is 89.2 Å². The van der Waals surface area contributed by atoms with E-state index in [1.165, 1.54) is 0 Å². The van der Waals surface area contributed by atoms with Gasteiger partial charge < -0.3 is 10.6 Å². The first-order valence-electron chi connectivity index (χ1n) is 4.68. The highest BCUT2D eigenvalue weighted by molar-refractivity contribution is 8.00. The number of fused-ring (bicyclic) bond motifs is 1. The van der Waals surface area contributed by atoms with E-state index < -0.39 is 17.2 Å². The van der Waals surface area contributed by atoms with Crippen molar-refractivity contribution in [2.24, 2.45) is 11.8 Å². The van der Waals surface area contributed by atoms with Crippen molar-refractivity contribution < 1.29 is 18.0 Å². The molecule has 86 valence electrons. The molecule has 0 aromatic heterocycles. The van der Waals surface area contributed by atoms with Gasteiger partial charge in [-0.2, -0.15) is 13.2 Å². The van der Waals surface area contributed by atoms with Gasteiger partial charge in [0.05, 0.1) is 5.75 Å². The fourth-order valence-electron chi connectivity index (χ4n) is 2.01. The Morgan fingerprint density at radius 2 is 2.00 bits per heavy atom. The van der Waals surface area contributed by atoms with Gasteiger partial charge in [-0.15, -0.1) is 0 Å². The molecule has 0 spiro atoms. The highest BCUT2D eigenvalue weighted by atomic mass is 32.2. The molecule has 2 unspecified atom stereocenters. The molecule has 0 aromatic carbocycles. The summed E-state index contributed by atoms with van der Waals surface area (Å²) in [6.07, 6.45) is 0. The van der Waals surface area contributed by atoms with Crippen LogP contribution in [0.2, 0.25) is 0 Å². The van der Waals surface area contributed by atoms with E-state index in [9.17, 15) is 18.0 Å². The molecule has 2 rings (SSSR count). The fourth-order valence-corrected chi connectivity index (χ4v) is 2.39. The van der Waals surface area contributed by atoms with E-state index in [0.717, 1.165) is 13.1 Å². The van der Waals surface area contributed by atoms with Gasteiger partial charge >= 0.3 is 5.51 Å². The molecule has 2 fully saturated rings. The molecule has 2 aliphatic rings.